The summed E-state index contributed by atoms with van der Waals surface area (Å²) in [5.74, 6) is 2.14. The first kappa shape index (κ1) is 20.6. The minimum Gasteiger partial charge on any atom is -0.497 e. The van der Waals surface area contributed by atoms with Crippen LogP contribution in [0.4, 0.5) is 5.82 Å². The van der Waals surface area contributed by atoms with E-state index in [2.05, 4.69) is 25.6 Å². The third-order valence-corrected chi connectivity index (χ3v) is 5.74. The first-order valence-corrected chi connectivity index (χ1v) is 10.4. The normalized spacial score (nSPS) is 15.0. The number of nitrogens with zero attached hydrogens (tertiary/aromatic N) is 5. The molecule has 1 amide bonds. The predicted octanol–water partition coefficient (Wildman–Crippen LogP) is 3.52. The van der Waals surface area contributed by atoms with Crippen molar-refractivity contribution in [3.8, 4) is 28.7 Å². The van der Waals surface area contributed by atoms with Gasteiger partial charge in [0.25, 0.3) is 5.95 Å². The van der Waals surface area contributed by atoms with Crippen LogP contribution in [-0.4, -0.2) is 45.1 Å². The molecule has 4 aromatic rings. The van der Waals surface area contributed by atoms with Crippen molar-refractivity contribution in [3.05, 3.63) is 71.5 Å². The van der Waals surface area contributed by atoms with E-state index in [4.69, 9.17) is 9.47 Å². The maximum Gasteiger partial charge on any atom is 0.272 e. The minimum atomic E-state index is -0.133. The van der Waals surface area contributed by atoms with Crippen LogP contribution < -0.4 is 14.8 Å². The van der Waals surface area contributed by atoms with E-state index in [1.807, 2.05) is 55.5 Å². The highest BCUT2D eigenvalue weighted by Gasteiger charge is 2.33. The lowest BCUT2D eigenvalue weighted by Gasteiger charge is -2.24. The Kier molecular flexibility index (Phi) is 5.21. The Morgan fingerprint density at radius 2 is 1.67 bits per heavy atom. The van der Waals surface area contributed by atoms with Gasteiger partial charge in [-0.15, -0.1) is 5.10 Å². The van der Waals surface area contributed by atoms with Crippen LogP contribution in [0.1, 0.15) is 29.2 Å². The molecule has 0 saturated carbocycles. The summed E-state index contributed by atoms with van der Waals surface area (Å²) in [5, 5.41) is 15.9. The highest BCUT2D eigenvalue weighted by atomic mass is 16.5. The number of aromatic nitrogens is 5. The van der Waals surface area contributed by atoms with Crippen LogP contribution in [0.2, 0.25) is 0 Å². The molecule has 0 radical (unpaired) electrons. The maximum atomic E-state index is 12.6. The summed E-state index contributed by atoms with van der Waals surface area (Å²) in [6, 6.07) is 15.3. The zero-order chi connectivity index (χ0) is 22.9. The van der Waals surface area contributed by atoms with E-state index in [1.54, 1.807) is 25.1 Å². The molecule has 3 heterocycles. The van der Waals surface area contributed by atoms with Gasteiger partial charge in [-0.3, -0.25) is 4.79 Å². The Morgan fingerprint density at radius 1 is 1.00 bits per heavy atom. The molecule has 1 N–H and O–H groups in total. The van der Waals surface area contributed by atoms with Crippen molar-refractivity contribution in [2.24, 2.45) is 0 Å². The van der Waals surface area contributed by atoms with E-state index in [0.29, 0.717) is 17.9 Å². The SMILES string of the molecule is COc1ccc(-c2cnnc(-n3nc(C)c4c3NC(=O)CC4c3ccc(OC)cc3)n2)cc1. The van der Waals surface area contributed by atoms with Crippen molar-refractivity contribution in [1.29, 1.82) is 0 Å². The predicted molar refractivity (Wildman–Crippen MR) is 122 cm³/mol. The van der Waals surface area contributed by atoms with E-state index >= 15 is 0 Å². The molecule has 2 aromatic heterocycles. The first-order chi connectivity index (χ1) is 16.1. The fraction of sp³-hybridized carbons (Fsp3) is 0.208. The number of carbonyl (C=O) groups is 1. The number of carbonyl (C=O) groups excluding carboxylic acids is 1. The van der Waals surface area contributed by atoms with Crippen molar-refractivity contribution in [2.45, 2.75) is 19.3 Å². The molecule has 1 aliphatic heterocycles. The third-order valence-electron chi connectivity index (χ3n) is 5.74. The number of benzene rings is 2. The van der Waals surface area contributed by atoms with Crippen molar-refractivity contribution in [3.63, 3.8) is 0 Å². The standard InChI is InChI=1S/C24H22N6O3/c1-14-22-19(15-4-8-17(32-2)9-5-15)12-21(31)27-23(22)30(29-14)24-26-20(13-25-28-24)16-6-10-18(33-3)11-7-16/h4-11,13,19H,12H2,1-3H3,(H,27,31). The number of amides is 1. The van der Waals surface area contributed by atoms with Gasteiger partial charge in [0.2, 0.25) is 5.91 Å². The summed E-state index contributed by atoms with van der Waals surface area (Å²) >= 11 is 0. The van der Waals surface area contributed by atoms with Crippen molar-refractivity contribution in [1.82, 2.24) is 25.0 Å². The monoisotopic (exact) mass is 442 g/mol. The molecule has 1 unspecified atom stereocenters. The molecule has 33 heavy (non-hydrogen) atoms. The molecule has 2 aromatic carbocycles. The molecule has 0 saturated heterocycles. The molecular weight excluding hydrogens is 420 g/mol. The third kappa shape index (κ3) is 3.78. The van der Waals surface area contributed by atoms with Crippen LogP contribution in [-0.2, 0) is 4.79 Å². The average Bonchev–Trinajstić information content (AvgIpc) is 3.19. The van der Waals surface area contributed by atoms with E-state index < -0.39 is 0 Å². The van der Waals surface area contributed by atoms with Crippen LogP contribution in [0.5, 0.6) is 11.5 Å². The smallest absolute Gasteiger partial charge is 0.272 e. The number of nitrogens with one attached hydrogen (secondary N) is 1. The molecule has 0 spiro atoms. The van der Waals surface area contributed by atoms with Crippen molar-refractivity contribution >= 4 is 11.7 Å². The topological polar surface area (TPSA) is 104 Å². The number of fused-ring (bicyclic) bond motifs is 1. The highest BCUT2D eigenvalue weighted by Crippen LogP contribution is 2.40. The largest absolute Gasteiger partial charge is 0.497 e. The second-order valence-electron chi connectivity index (χ2n) is 7.71. The van der Waals surface area contributed by atoms with E-state index in [9.17, 15) is 4.79 Å². The van der Waals surface area contributed by atoms with Gasteiger partial charge in [-0.05, 0) is 48.9 Å². The number of rotatable bonds is 5. The molecule has 0 aliphatic carbocycles. The van der Waals surface area contributed by atoms with Gasteiger partial charge in [0.1, 0.15) is 17.3 Å². The van der Waals surface area contributed by atoms with Gasteiger partial charge in [0, 0.05) is 23.5 Å². The fourth-order valence-corrected chi connectivity index (χ4v) is 4.10. The van der Waals surface area contributed by atoms with Gasteiger partial charge >= 0.3 is 0 Å². The number of hydrogen-bond donors (Lipinski definition) is 1. The summed E-state index contributed by atoms with van der Waals surface area (Å²) in [4.78, 5) is 17.3. The zero-order valence-electron chi connectivity index (χ0n) is 18.4. The fourth-order valence-electron chi connectivity index (χ4n) is 4.10. The molecule has 9 nitrogen and oxygen atoms in total. The van der Waals surface area contributed by atoms with Crippen LogP contribution in [0.3, 0.4) is 0 Å². The van der Waals surface area contributed by atoms with Crippen molar-refractivity contribution in [2.75, 3.05) is 19.5 Å². The molecular formula is C24H22N6O3. The number of aryl methyl sites for hydroxylation is 1. The van der Waals surface area contributed by atoms with E-state index in [0.717, 1.165) is 33.9 Å². The minimum absolute atomic E-state index is 0.0938. The quantitative estimate of drug-likeness (QED) is 0.504. The Balaban J connectivity index is 1.56. The van der Waals surface area contributed by atoms with Gasteiger partial charge < -0.3 is 14.8 Å². The second-order valence-corrected chi connectivity index (χ2v) is 7.71. The summed E-state index contributed by atoms with van der Waals surface area (Å²) in [7, 11) is 3.25. The molecule has 1 aliphatic rings. The van der Waals surface area contributed by atoms with E-state index in [1.165, 1.54) is 0 Å². The van der Waals surface area contributed by atoms with Gasteiger partial charge in [0.15, 0.2) is 0 Å². The van der Waals surface area contributed by atoms with Crippen LogP contribution in [0, 0.1) is 6.92 Å². The maximum absolute atomic E-state index is 12.6. The number of ether oxygens (including phenoxy) is 2. The molecule has 0 fully saturated rings. The highest BCUT2D eigenvalue weighted by molar-refractivity contribution is 5.95. The molecule has 1 atom stereocenters. The van der Waals surface area contributed by atoms with Crippen LogP contribution in [0.15, 0.2) is 54.7 Å². The van der Waals surface area contributed by atoms with Crippen LogP contribution in [0.25, 0.3) is 17.2 Å². The molecule has 9 heteroatoms. The lowest BCUT2D eigenvalue weighted by Crippen LogP contribution is -2.25. The molecule has 166 valence electrons. The molecule has 0 bridgehead atoms. The molecule has 5 rings (SSSR count). The number of anilines is 1. The number of hydrogen-bond acceptors (Lipinski definition) is 7. The summed E-state index contributed by atoms with van der Waals surface area (Å²) in [5.41, 5.74) is 4.26. The van der Waals surface area contributed by atoms with Gasteiger partial charge in [-0.1, -0.05) is 12.1 Å². The zero-order valence-corrected chi connectivity index (χ0v) is 18.4. The lowest BCUT2D eigenvalue weighted by atomic mass is 9.86. The summed E-state index contributed by atoms with van der Waals surface area (Å²) in [6.07, 6.45) is 1.92. The van der Waals surface area contributed by atoms with Gasteiger partial charge in [-0.2, -0.15) is 14.9 Å². The number of methoxy groups -OCH3 is 2. The summed E-state index contributed by atoms with van der Waals surface area (Å²) in [6.45, 7) is 1.92. The Morgan fingerprint density at radius 3 is 2.33 bits per heavy atom. The second kappa shape index (κ2) is 8.34. The van der Waals surface area contributed by atoms with E-state index in [-0.39, 0.29) is 17.8 Å². The Bertz CT molecular complexity index is 1320. The average molecular weight is 442 g/mol. The van der Waals surface area contributed by atoms with Crippen LogP contribution >= 0.6 is 0 Å². The Hall–Kier alpha value is -4.27. The van der Waals surface area contributed by atoms with Crippen molar-refractivity contribution < 1.29 is 14.3 Å². The lowest BCUT2D eigenvalue weighted by molar-refractivity contribution is -0.116. The summed E-state index contributed by atoms with van der Waals surface area (Å²) < 4.78 is 12.0. The first-order valence-electron chi connectivity index (χ1n) is 10.4. The van der Waals surface area contributed by atoms with Gasteiger partial charge in [0.05, 0.1) is 31.8 Å². The van der Waals surface area contributed by atoms with Gasteiger partial charge in [-0.25, -0.2) is 4.98 Å². The Labute approximate surface area is 190 Å².